The van der Waals surface area contributed by atoms with Gasteiger partial charge in [-0.05, 0) is 43.7 Å². The Morgan fingerprint density at radius 2 is 1.94 bits per heavy atom. The van der Waals surface area contributed by atoms with Crippen LogP contribution in [0.2, 0.25) is 0 Å². The lowest BCUT2D eigenvalue weighted by Crippen LogP contribution is -2.48. The molecule has 18 heavy (non-hydrogen) atoms. The molecule has 1 fully saturated rings. The predicted octanol–water partition coefficient (Wildman–Crippen LogP) is 3.38. The molecule has 1 heterocycles. The SMILES string of the molecule is CCCNC(CN1CCC(C)C(C)C1)C(C)CC. The number of likely N-dealkylation sites (tertiary alicyclic amines) is 1. The maximum absolute atomic E-state index is 3.75. The van der Waals surface area contributed by atoms with Gasteiger partial charge in [0.1, 0.15) is 0 Å². The second kappa shape index (κ2) is 8.16. The molecule has 0 aromatic carbocycles. The Balaban J connectivity index is 2.44. The molecule has 0 radical (unpaired) electrons. The lowest BCUT2D eigenvalue weighted by Gasteiger charge is -2.38. The smallest absolute Gasteiger partial charge is 0.0220 e. The summed E-state index contributed by atoms with van der Waals surface area (Å²) in [6, 6.07) is 0.676. The van der Waals surface area contributed by atoms with Crippen molar-refractivity contribution in [3.8, 4) is 0 Å². The Morgan fingerprint density at radius 1 is 1.22 bits per heavy atom. The van der Waals surface area contributed by atoms with E-state index in [2.05, 4.69) is 44.8 Å². The van der Waals surface area contributed by atoms with Gasteiger partial charge in [-0.25, -0.2) is 0 Å². The molecular weight excluding hydrogens is 220 g/mol. The van der Waals surface area contributed by atoms with E-state index in [-0.39, 0.29) is 0 Å². The normalized spacial score (nSPS) is 29.2. The zero-order valence-electron chi connectivity index (χ0n) is 13.2. The van der Waals surface area contributed by atoms with Gasteiger partial charge in [0.25, 0.3) is 0 Å². The van der Waals surface area contributed by atoms with Gasteiger partial charge in [-0.3, -0.25) is 0 Å². The van der Waals surface area contributed by atoms with Crippen LogP contribution in [0.15, 0.2) is 0 Å². The highest BCUT2D eigenvalue weighted by molar-refractivity contribution is 4.81. The lowest BCUT2D eigenvalue weighted by molar-refractivity contribution is 0.117. The quantitative estimate of drug-likeness (QED) is 0.749. The number of nitrogens with zero attached hydrogens (tertiary/aromatic N) is 1. The van der Waals surface area contributed by atoms with Crippen LogP contribution in [0.5, 0.6) is 0 Å². The summed E-state index contributed by atoms with van der Waals surface area (Å²) in [5.41, 5.74) is 0. The van der Waals surface area contributed by atoms with Crippen LogP contribution >= 0.6 is 0 Å². The van der Waals surface area contributed by atoms with E-state index in [0.717, 1.165) is 24.3 Å². The van der Waals surface area contributed by atoms with Crippen LogP contribution in [0.1, 0.15) is 53.9 Å². The first-order valence-corrected chi connectivity index (χ1v) is 8.04. The standard InChI is InChI=1S/C16H34N2/c1-6-9-17-16(13(3)7-2)12-18-10-8-14(4)15(5)11-18/h13-17H,6-12H2,1-5H3. The monoisotopic (exact) mass is 254 g/mol. The highest BCUT2D eigenvalue weighted by Crippen LogP contribution is 2.23. The fourth-order valence-electron chi connectivity index (χ4n) is 2.85. The molecule has 0 aromatic heterocycles. The summed E-state index contributed by atoms with van der Waals surface area (Å²) >= 11 is 0. The molecule has 0 amide bonds. The molecule has 0 spiro atoms. The number of hydrogen-bond donors (Lipinski definition) is 1. The van der Waals surface area contributed by atoms with Crippen molar-refractivity contribution >= 4 is 0 Å². The van der Waals surface area contributed by atoms with Crippen molar-refractivity contribution < 1.29 is 0 Å². The Kier molecular flexibility index (Phi) is 7.25. The Morgan fingerprint density at radius 3 is 2.50 bits per heavy atom. The molecule has 1 aliphatic rings. The van der Waals surface area contributed by atoms with Gasteiger partial charge < -0.3 is 10.2 Å². The van der Waals surface area contributed by atoms with Gasteiger partial charge in [0.05, 0.1) is 0 Å². The van der Waals surface area contributed by atoms with Crippen molar-refractivity contribution in [2.24, 2.45) is 17.8 Å². The van der Waals surface area contributed by atoms with Crippen molar-refractivity contribution in [1.29, 1.82) is 0 Å². The minimum atomic E-state index is 0.676. The summed E-state index contributed by atoms with van der Waals surface area (Å²) in [4.78, 5) is 2.68. The van der Waals surface area contributed by atoms with Crippen molar-refractivity contribution in [2.75, 3.05) is 26.2 Å². The van der Waals surface area contributed by atoms with Crippen LogP contribution < -0.4 is 5.32 Å². The van der Waals surface area contributed by atoms with E-state index in [9.17, 15) is 0 Å². The summed E-state index contributed by atoms with van der Waals surface area (Å²) in [5, 5.41) is 3.75. The van der Waals surface area contributed by atoms with E-state index in [1.54, 1.807) is 0 Å². The van der Waals surface area contributed by atoms with Crippen LogP contribution in [0.4, 0.5) is 0 Å². The molecule has 0 saturated carbocycles. The molecule has 0 aromatic rings. The second-order valence-corrected chi connectivity index (χ2v) is 6.45. The van der Waals surface area contributed by atoms with E-state index >= 15 is 0 Å². The number of piperidine rings is 1. The highest BCUT2D eigenvalue weighted by atomic mass is 15.2. The molecular formula is C16H34N2. The van der Waals surface area contributed by atoms with E-state index in [0.29, 0.717) is 6.04 Å². The molecule has 2 nitrogen and oxygen atoms in total. The molecule has 2 heteroatoms. The Bertz CT molecular complexity index is 217. The minimum Gasteiger partial charge on any atom is -0.312 e. The first-order chi connectivity index (χ1) is 8.58. The van der Waals surface area contributed by atoms with Gasteiger partial charge in [-0.15, -0.1) is 0 Å². The lowest BCUT2D eigenvalue weighted by atomic mass is 9.88. The molecule has 1 saturated heterocycles. The summed E-state index contributed by atoms with van der Waals surface area (Å²) in [7, 11) is 0. The predicted molar refractivity (Wildman–Crippen MR) is 80.9 cm³/mol. The van der Waals surface area contributed by atoms with Gasteiger partial charge in [0.2, 0.25) is 0 Å². The Labute approximate surface area is 115 Å². The third kappa shape index (κ3) is 4.89. The minimum absolute atomic E-state index is 0.676. The largest absolute Gasteiger partial charge is 0.312 e. The molecule has 1 N–H and O–H groups in total. The average Bonchev–Trinajstić information content (AvgIpc) is 2.37. The van der Waals surface area contributed by atoms with Crippen LogP contribution in [0.3, 0.4) is 0 Å². The van der Waals surface area contributed by atoms with Crippen LogP contribution in [-0.4, -0.2) is 37.1 Å². The summed E-state index contributed by atoms with van der Waals surface area (Å²) in [5.74, 6) is 2.56. The van der Waals surface area contributed by atoms with E-state index in [4.69, 9.17) is 0 Å². The van der Waals surface area contributed by atoms with Crippen LogP contribution in [0, 0.1) is 17.8 Å². The molecule has 0 aliphatic carbocycles. The fourth-order valence-corrected chi connectivity index (χ4v) is 2.85. The van der Waals surface area contributed by atoms with Crippen molar-refractivity contribution in [1.82, 2.24) is 10.2 Å². The molecule has 108 valence electrons. The van der Waals surface area contributed by atoms with E-state index in [1.807, 2.05) is 0 Å². The van der Waals surface area contributed by atoms with Crippen LogP contribution in [-0.2, 0) is 0 Å². The number of nitrogens with one attached hydrogen (secondary N) is 1. The molecule has 4 unspecified atom stereocenters. The van der Waals surface area contributed by atoms with Gasteiger partial charge in [0, 0.05) is 19.1 Å². The first kappa shape index (κ1) is 16.0. The van der Waals surface area contributed by atoms with Gasteiger partial charge >= 0.3 is 0 Å². The van der Waals surface area contributed by atoms with E-state index < -0.39 is 0 Å². The van der Waals surface area contributed by atoms with Gasteiger partial charge in [0.15, 0.2) is 0 Å². The fraction of sp³-hybridized carbons (Fsp3) is 1.00. The molecule has 1 rings (SSSR count). The number of rotatable bonds is 7. The Hall–Kier alpha value is -0.0800. The molecule has 0 bridgehead atoms. The average molecular weight is 254 g/mol. The van der Waals surface area contributed by atoms with Crippen molar-refractivity contribution in [3.05, 3.63) is 0 Å². The highest BCUT2D eigenvalue weighted by Gasteiger charge is 2.25. The molecule has 1 aliphatic heterocycles. The van der Waals surface area contributed by atoms with Gasteiger partial charge in [-0.1, -0.05) is 41.0 Å². The maximum Gasteiger partial charge on any atom is 0.0220 e. The summed E-state index contributed by atoms with van der Waals surface area (Å²) in [6.45, 7) is 16.8. The van der Waals surface area contributed by atoms with Crippen molar-refractivity contribution in [2.45, 2.75) is 59.9 Å². The zero-order chi connectivity index (χ0) is 13.5. The second-order valence-electron chi connectivity index (χ2n) is 6.45. The topological polar surface area (TPSA) is 15.3 Å². The summed E-state index contributed by atoms with van der Waals surface area (Å²) < 4.78 is 0. The molecule has 4 atom stereocenters. The third-order valence-electron chi connectivity index (χ3n) is 4.86. The van der Waals surface area contributed by atoms with Crippen LogP contribution in [0.25, 0.3) is 0 Å². The zero-order valence-corrected chi connectivity index (χ0v) is 13.2. The summed E-state index contributed by atoms with van der Waals surface area (Å²) in [6.07, 6.45) is 3.89. The van der Waals surface area contributed by atoms with Gasteiger partial charge in [-0.2, -0.15) is 0 Å². The first-order valence-electron chi connectivity index (χ1n) is 8.04. The van der Waals surface area contributed by atoms with Crippen molar-refractivity contribution in [3.63, 3.8) is 0 Å². The third-order valence-corrected chi connectivity index (χ3v) is 4.86. The maximum atomic E-state index is 3.75. The van der Waals surface area contributed by atoms with E-state index in [1.165, 1.54) is 38.9 Å². The number of hydrogen-bond acceptors (Lipinski definition) is 2.